The Bertz CT molecular complexity index is 540. The van der Waals surface area contributed by atoms with Crippen LogP contribution in [-0.4, -0.2) is 50.5 Å². The standard InChI is InChI=1S/C14H22N2O3S2/c1-16(13-6-8-19-9-7-13)21(17,18)11-10-20-14-4-2-12(15)3-5-14/h2-5,13H,6-11,15H2,1H3. The van der Waals surface area contributed by atoms with Gasteiger partial charge >= 0.3 is 0 Å². The molecule has 1 heterocycles. The van der Waals surface area contributed by atoms with Crippen molar-refractivity contribution in [3.8, 4) is 0 Å². The lowest BCUT2D eigenvalue weighted by atomic mass is 10.1. The van der Waals surface area contributed by atoms with Gasteiger partial charge in [0.1, 0.15) is 0 Å². The first-order valence-corrected chi connectivity index (χ1v) is 9.60. The van der Waals surface area contributed by atoms with Gasteiger partial charge in [0.05, 0.1) is 5.75 Å². The summed E-state index contributed by atoms with van der Waals surface area (Å²) in [6, 6.07) is 7.55. The molecule has 0 saturated carbocycles. The first kappa shape index (κ1) is 16.6. The smallest absolute Gasteiger partial charge is 0.214 e. The fraction of sp³-hybridized carbons (Fsp3) is 0.571. The number of ether oxygens (including phenoxy) is 1. The molecule has 2 N–H and O–H groups in total. The van der Waals surface area contributed by atoms with Crippen LogP contribution in [0.15, 0.2) is 29.2 Å². The zero-order valence-corrected chi connectivity index (χ0v) is 13.8. The lowest BCUT2D eigenvalue weighted by Gasteiger charge is -2.30. The van der Waals surface area contributed by atoms with E-state index in [1.54, 1.807) is 7.05 Å². The van der Waals surface area contributed by atoms with Gasteiger partial charge in [0, 0.05) is 42.6 Å². The van der Waals surface area contributed by atoms with E-state index in [1.165, 1.54) is 16.1 Å². The van der Waals surface area contributed by atoms with E-state index in [1.807, 2.05) is 24.3 Å². The predicted molar refractivity (Wildman–Crippen MR) is 87.0 cm³/mol. The summed E-state index contributed by atoms with van der Waals surface area (Å²) >= 11 is 1.53. The van der Waals surface area contributed by atoms with E-state index in [2.05, 4.69) is 0 Å². The number of rotatable bonds is 6. The second-order valence-corrected chi connectivity index (χ2v) is 8.41. The van der Waals surface area contributed by atoms with Crippen LogP contribution in [0.2, 0.25) is 0 Å². The van der Waals surface area contributed by atoms with E-state index in [9.17, 15) is 8.42 Å². The van der Waals surface area contributed by atoms with Gasteiger partial charge in [-0.2, -0.15) is 0 Å². The molecule has 21 heavy (non-hydrogen) atoms. The molecular formula is C14H22N2O3S2. The molecule has 1 aliphatic heterocycles. The quantitative estimate of drug-likeness (QED) is 0.636. The number of thioether (sulfide) groups is 1. The van der Waals surface area contributed by atoms with Gasteiger partial charge in [0.15, 0.2) is 0 Å². The molecule has 1 aliphatic rings. The van der Waals surface area contributed by atoms with Crippen LogP contribution in [0.4, 0.5) is 5.69 Å². The summed E-state index contributed by atoms with van der Waals surface area (Å²) in [5, 5.41) is 0. The Hall–Kier alpha value is -0.760. The number of sulfonamides is 1. The number of nitrogens with two attached hydrogens (primary N) is 1. The number of nitrogen functional groups attached to an aromatic ring is 1. The zero-order chi connectivity index (χ0) is 15.3. The zero-order valence-electron chi connectivity index (χ0n) is 12.2. The number of benzene rings is 1. The highest BCUT2D eigenvalue weighted by Gasteiger charge is 2.27. The van der Waals surface area contributed by atoms with E-state index in [0.717, 1.165) is 17.7 Å². The first-order chi connectivity index (χ1) is 9.99. The minimum atomic E-state index is -3.21. The molecular weight excluding hydrogens is 308 g/mol. The Labute approximate surface area is 130 Å². The summed E-state index contributed by atoms with van der Waals surface area (Å²) < 4.78 is 31.5. The molecule has 1 aromatic carbocycles. The summed E-state index contributed by atoms with van der Waals surface area (Å²) in [4.78, 5) is 1.04. The van der Waals surface area contributed by atoms with Gasteiger partial charge in [-0.1, -0.05) is 0 Å². The van der Waals surface area contributed by atoms with E-state index >= 15 is 0 Å². The topological polar surface area (TPSA) is 72.6 Å². The van der Waals surface area contributed by atoms with Crippen LogP contribution in [0.1, 0.15) is 12.8 Å². The number of anilines is 1. The summed E-state index contributed by atoms with van der Waals surface area (Å²) in [7, 11) is -1.53. The molecule has 0 aliphatic carbocycles. The van der Waals surface area contributed by atoms with E-state index in [-0.39, 0.29) is 11.8 Å². The van der Waals surface area contributed by atoms with Crippen molar-refractivity contribution in [3.63, 3.8) is 0 Å². The van der Waals surface area contributed by atoms with Gasteiger partial charge in [0.2, 0.25) is 10.0 Å². The fourth-order valence-corrected chi connectivity index (χ4v) is 4.94. The number of hydrogen-bond acceptors (Lipinski definition) is 5. The molecule has 0 radical (unpaired) electrons. The molecule has 1 aromatic rings. The Kier molecular flexibility index (Phi) is 5.92. The maximum atomic E-state index is 12.3. The summed E-state index contributed by atoms with van der Waals surface area (Å²) in [6.45, 7) is 1.29. The number of nitrogens with zero attached hydrogens (tertiary/aromatic N) is 1. The van der Waals surface area contributed by atoms with Crippen molar-refractivity contribution in [1.82, 2.24) is 4.31 Å². The maximum Gasteiger partial charge on any atom is 0.214 e. The van der Waals surface area contributed by atoms with Crippen LogP contribution in [0.5, 0.6) is 0 Å². The van der Waals surface area contributed by atoms with Crippen LogP contribution >= 0.6 is 11.8 Å². The minimum Gasteiger partial charge on any atom is -0.399 e. The van der Waals surface area contributed by atoms with Crippen molar-refractivity contribution in [2.75, 3.05) is 37.5 Å². The third-order valence-electron chi connectivity index (χ3n) is 3.63. The van der Waals surface area contributed by atoms with E-state index in [0.29, 0.717) is 24.7 Å². The normalized spacial score (nSPS) is 17.2. The van der Waals surface area contributed by atoms with Crippen LogP contribution in [0.25, 0.3) is 0 Å². The van der Waals surface area contributed by atoms with E-state index in [4.69, 9.17) is 10.5 Å². The van der Waals surface area contributed by atoms with Crippen LogP contribution < -0.4 is 5.73 Å². The molecule has 0 spiro atoms. The van der Waals surface area contributed by atoms with Crippen molar-refractivity contribution >= 4 is 27.5 Å². The lowest BCUT2D eigenvalue weighted by Crippen LogP contribution is -2.42. The van der Waals surface area contributed by atoms with Crippen molar-refractivity contribution in [3.05, 3.63) is 24.3 Å². The second kappa shape index (κ2) is 7.49. The highest BCUT2D eigenvalue weighted by molar-refractivity contribution is 8.00. The first-order valence-electron chi connectivity index (χ1n) is 7.01. The van der Waals surface area contributed by atoms with Gasteiger partial charge in [-0.15, -0.1) is 11.8 Å². The van der Waals surface area contributed by atoms with Gasteiger partial charge < -0.3 is 10.5 Å². The predicted octanol–water partition coefficient (Wildman–Crippen LogP) is 1.80. The van der Waals surface area contributed by atoms with Gasteiger partial charge in [-0.25, -0.2) is 12.7 Å². The molecule has 0 bridgehead atoms. The molecule has 5 nitrogen and oxygen atoms in total. The second-order valence-electron chi connectivity index (χ2n) is 5.09. The number of hydrogen-bond donors (Lipinski definition) is 1. The van der Waals surface area contributed by atoms with Crippen molar-refractivity contribution in [1.29, 1.82) is 0 Å². The Morgan fingerprint density at radius 1 is 1.29 bits per heavy atom. The largest absolute Gasteiger partial charge is 0.399 e. The Morgan fingerprint density at radius 3 is 2.52 bits per heavy atom. The Morgan fingerprint density at radius 2 is 1.90 bits per heavy atom. The maximum absolute atomic E-state index is 12.3. The highest BCUT2D eigenvalue weighted by atomic mass is 32.2. The summed E-state index contributed by atoms with van der Waals surface area (Å²) in [6.07, 6.45) is 1.56. The van der Waals surface area contributed by atoms with Crippen molar-refractivity contribution < 1.29 is 13.2 Å². The molecule has 0 amide bonds. The monoisotopic (exact) mass is 330 g/mol. The summed E-state index contributed by atoms with van der Waals surface area (Å²) in [5.74, 6) is 0.690. The molecule has 1 saturated heterocycles. The average Bonchev–Trinajstić information content (AvgIpc) is 2.49. The molecule has 0 aromatic heterocycles. The van der Waals surface area contributed by atoms with Gasteiger partial charge in [-0.05, 0) is 37.1 Å². The van der Waals surface area contributed by atoms with Crippen LogP contribution in [0.3, 0.4) is 0 Å². The van der Waals surface area contributed by atoms with E-state index < -0.39 is 10.0 Å². The minimum absolute atomic E-state index is 0.0743. The third kappa shape index (κ3) is 4.88. The molecule has 118 valence electrons. The van der Waals surface area contributed by atoms with Crippen LogP contribution in [-0.2, 0) is 14.8 Å². The SMILES string of the molecule is CN(C1CCOCC1)S(=O)(=O)CCSc1ccc(N)cc1. The fourth-order valence-electron chi connectivity index (χ4n) is 2.25. The summed E-state index contributed by atoms with van der Waals surface area (Å²) in [5.41, 5.74) is 6.34. The highest BCUT2D eigenvalue weighted by Crippen LogP contribution is 2.21. The average molecular weight is 330 g/mol. The molecule has 7 heteroatoms. The molecule has 2 rings (SSSR count). The van der Waals surface area contributed by atoms with Crippen LogP contribution in [0, 0.1) is 0 Å². The van der Waals surface area contributed by atoms with Crippen molar-refractivity contribution in [2.24, 2.45) is 0 Å². The third-order valence-corrected chi connectivity index (χ3v) is 6.80. The van der Waals surface area contributed by atoms with Gasteiger partial charge in [-0.3, -0.25) is 0 Å². The van der Waals surface area contributed by atoms with Crippen molar-refractivity contribution in [2.45, 2.75) is 23.8 Å². The Balaban J connectivity index is 1.84. The molecule has 1 fully saturated rings. The molecule has 0 unspecified atom stereocenters. The van der Waals surface area contributed by atoms with Gasteiger partial charge in [0.25, 0.3) is 0 Å². The lowest BCUT2D eigenvalue weighted by molar-refractivity contribution is 0.0632. The molecule has 0 atom stereocenters.